The molecule has 0 unspecified atom stereocenters. The van der Waals surface area contributed by atoms with Crippen molar-refractivity contribution in [3.63, 3.8) is 0 Å². The number of carbonyl (C=O) groups is 1. The highest BCUT2D eigenvalue weighted by molar-refractivity contribution is 5.59. The van der Waals surface area contributed by atoms with Gasteiger partial charge in [0.1, 0.15) is 17.8 Å². The zero-order chi connectivity index (χ0) is 10.8. The van der Waals surface area contributed by atoms with Crippen LogP contribution in [0.3, 0.4) is 0 Å². The second kappa shape index (κ2) is 4.35. The van der Waals surface area contributed by atoms with Crippen LogP contribution < -0.4 is 0 Å². The highest BCUT2D eigenvalue weighted by atomic mass is 16.7. The van der Waals surface area contributed by atoms with Crippen LogP contribution in [0.15, 0.2) is 0 Å². The Balaban J connectivity index is 2.91. The molecule has 14 heavy (non-hydrogen) atoms. The molecule has 0 radical (unpaired) electrons. The Kier molecular flexibility index (Phi) is 3.60. The summed E-state index contributed by atoms with van der Waals surface area (Å²) in [6.07, 6.45) is -0.940. The van der Waals surface area contributed by atoms with Gasteiger partial charge in [0, 0.05) is 21.3 Å². The number of hydrogen-bond donors (Lipinski definition) is 0. The SMILES string of the molecule is CO[C@@H]1O[C@H](C=O)[C@@](C)(OC)[C@H]1OC. The minimum atomic E-state index is -0.794. The first-order chi connectivity index (χ1) is 6.63. The molecule has 0 N–H and O–H groups in total. The zero-order valence-corrected chi connectivity index (χ0v) is 8.85. The van der Waals surface area contributed by atoms with E-state index in [0.29, 0.717) is 6.29 Å². The summed E-state index contributed by atoms with van der Waals surface area (Å²) < 4.78 is 20.9. The molecule has 0 aromatic carbocycles. The molecule has 0 spiro atoms. The van der Waals surface area contributed by atoms with Gasteiger partial charge in [0.05, 0.1) is 0 Å². The fourth-order valence-electron chi connectivity index (χ4n) is 1.71. The van der Waals surface area contributed by atoms with Crippen LogP contribution in [-0.4, -0.2) is 51.7 Å². The lowest BCUT2D eigenvalue weighted by molar-refractivity contribution is -0.160. The molecule has 0 aromatic heterocycles. The summed E-state index contributed by atoms with van der Waals surface area (Å²) in [6.45, 7) is 1.76. The van der Waals surface area contributed by atoms with E-state index >= 15 is 0 Å². The predicted octanol–water partition coefficient (Wildman–Crippen LogP) is -0.0233. The Labute approximate surface area is 83.3 Å². The Morgan fingerprint density at radius 3 is 2.29 bits per heavy atom. The third kappa shape index (κ3) is 1.56. The third-order valence-electron chi connectivity index (χ3n) is 2.71. The van der Waals surface area contributed by atoms with Crippen molar-refractivity contribution in [3.05, 3.63) is 0 Å². The summed E-state index contributed by atoms with van der Waals surface area (Å²) in [7, 11) is 4.55. The second-order valence-electron chi connectivity index (χ2n) is 3.34. The van der Waals surface area contributed by atoms with Crippen LogP contribution in [0.5, 0.6) is 0 Å². The van der Waals surface area contributed by atoms with Crippen molar-refractivity contribution in [1.29, 1.82) is 0 Å². The van der Waals surface area contributed by atoms with Crippen molar-refractivity contribution in [3.8, 4) is 0 Å². The van der Waals surface area contributed by atoms with E-state index in [1.807, 2.05) is 0 Å². The number of methoxy groups -OCH3 is 3. The van der Waals surface area contributed by atoms with E-state index in [4.69, 9.17) is 18.9 Å². The molecule has 4 atom stereocenters. The number of carbonyl (C=O) groups excluding carboxylic acids is 1. The average Bonchev–Trinajstić information content (AvgIpc) is 2.50. The molecule has 0 bridgehead atoms. The van der Waals surface area contributed by atoms with Crippen LogP contribution in [0.2, 0.25) is 0 Å². The van der Waals surface area contributed by atoms with E-state index < -0.39 is 24.1 Å². The molecule has 1 aliphatic heterocycles. The van der Waals surface area contributed by atoms with Crippen molar-refractivity contribution in [2.24, 2.45) is 0 Å². The van der Waals surface area contributed by atoms with Crippen LogP contribution in [0.4, 0.5) is 0 Å². The molecule has 0 aromatic rings. The topological polar surface area (TPSA) is 54.0 Å². The van der Waals surface area contributed by atoms with Crippen LogP contribution >= 0.6 is 0 Å². The molecule has 1 rings (SSSR count). The van der Waals surface area contributed by atoms with E-state index in [-0.39, 0.29) is 0 Å². The molecule has 0 amide bonds. The lowest BCUT2D eigenvalue weighted by atomic mass is 9.95. The van der Waals surface area contributed by atoms with Gasteiger partial charge in [-0.15, -0.1) is 0 Å². The van der Waals surface area contributed by atoms with E-state index in [0.717, 1.165) is 0 Å². The first-order valence-electron chi connectivity index (χ1n) is 4.35. The van der Waals surface area contributed by atoms with Gasteiger partial charge in [-0.2, -0.15) is 0 Å². The van der Waals surface area contributed by atoms with Crippen LogP contribution in [0.25, 0.3) is 0 Å². The van der Waals surface area contributed by atoms with Crippen molar-refractivity contribution < 1.29 is 23.7 Å². The van der Waals surface area contributed by atoms with Crippen LogP contribution in [0.1, 0.15) is 6.92 Å². The second-order valence-corrected chi connectivity index (χ2v) is 3.34. The summed E-state index contributed by atoms with van der Waals surface area (Å²) in [5, 5.41) is 0. The zero-order valence-electron chi connectivity index (χ0n) is 8.85. The first kappa shape index (κ1) is 11.6. The smallest absolute Gasteiger partial charge is 0.187 e. The van der Waals surface area contributed by atoms with Gasteiger partial charge in [-0.3, -0.25) is 0 Å². The van der Waals surface area contributed by atoms with Gasteiger partial charge in [0.25, 0.3) is 0 Å². The number of hydrogen-bond acceptors (Lipinski definition) is 5. The Morgan fingerprint density at radius 1 is 1.29 bits per heavy atom. The van der Waals surface area contributed by atoms with Gasteiger partial charge in [-0.05, 0) is 6.92 Å². The van der Waals surface area contributed by atoms with Gasteiger partial charge in [-0.25, -0.2) is 0 Å². The maximum absolute atomic E-state index is 10.8. The van der Waals surface area contributed by atoms with Gasteiger partial charge >= 0.3 is 0 Å². The van der Waals surface area contributed by atoms with E-state index in [1.165, 1.54) is 21.3 Å². The minimum absolute atomic E-state index is 0.410. The Morgan fingerprint density at radius 2 is 1.93 bits per heavy atom. The normalized spacial score (nSPS) is 42.7. The molecule has 1 saturated heterocycles. The summed E-state index contributed by atoms with van der Waals surface area (Å²) in [5.74, 6) is 0. The molecule has 1 heterocycles. The van der Waals surface area contributed by atoms with Crippen LogP contribution in [0, 0.1) is 0 Å². The number of aldehydes is 1. The minimum Gasteiger partial charge on any atom is -0.373 e. The Bertz CT molecular complexity index is 207. The molecular formula is C9H16O5. The average molecular weight is 204 g/mol. The lowest BCUT2D eigenvalue weighted by Gasteiger charge is -2.30. The summed E-state index contributed by atoms with van der Waals surface area (Å²) in [5.41, 5.74) is -0.794. The maximum atomic E-state index is 10.8. The number of ether oxygens (including phenoxy) is 4. The fraction of sp³-hybridized carbons (Fsp3) is 0.889. The van der Waals surface area contributed by atoms with Crippen molar-refractivity contribution >= 4 is 6.29 Å². The van der Waals surface area contributed by atoms with E-state index in [9.17, 15) is 4.79 Å². The van der Waals surface area contributed by atoms with Gasteiger partial charge < -0.3 is 23.7 Å². The molecule has 5 nitrogen and oxygen atoms in total. The van der Waals surface area contributed by atoms with Gasteiger partial charge in [0.15, 0.2) is 12.6 Å². The molecule has 1 aliphatic rings. The summed E-state index contributed by atoms with van der Waals surface area (Å²) in [6, 6.07) is 0. The third-order valence-corrected chi connectivity index (χ3v) is 2.71. The highest BCUT2D eigenvalue weighted by Gasteiger charge is 2.55. The quantitative estimate of drug-likeness (QED) is 0.602. The van der Waals surface area contributed by atoms with E-state index in [2.05, 4.69) is 0 Å². The van der Waals surface area contributed by atoms with Crippen molar-refractivity contribution in [2.75, 3.05) is 21.3 Å². The predicted molar refractivity (Wildman–Crippen MR) is 47.9 cm³/mol. The first-order valence-corrected chi connectivity index (χ1v) is 4.35. The molecule has 5 heteroatoms. The monoisotopic (exact) mass is 204 g/mol. The van der Waals surface area contributed by atoms with E-state index in [1.54, 1.807) is 6.92 Å². The standard InChI is InChI=1S/C9H16O5/c1-9(13-4)6(5-10)14-8(12-3)7(9)11-2/h5-8H,1-4H3/t6-,7+,8-,9-/m1/s1. The molecule has 0 aliphatic carbocycles. The largest absolute Gasteiger partial charge is 0.373 e. The molecule has 1 fully saturated rings. The van der Waals surface area contributed by atoms with Gasteiger partial charge in [-0.1, -0.05) is 0 Å². The van der Waals surface area contributed by atoms with Crippen molar-refractivity contribution in [1.82, 2.24) is 0 Å². The summed E-state index contributed by atoms with van der Waals surface area (Å²) in [4.78, 5) is 10.8. The fourth-order valence-corrected chi connectivity index (χ4v) is 1.71. The van der Waals surface area contributed by atoms with Gasteiger partial charge in [0.2, 0.25) is 0 Å². The Hall–Kier alpha value is -0.490. The highest BCUT2D eigenvalue weighted by Crippen LogP contribution is 2.34. The molecule has 82 valence electrons. The lowest BCUT2D eigenvalue weighted by Crippen LogP contribution is -2.48. The maximum Gasteiger partial charge on any atom is 0.187 e. The summed E-state index contributed by atoms with van der Waals surface area (Å²) >= 11 is 0. The van der Waals surface area contributed by atoms with Crippen molar-refractivity contribution in [2.45, 2.75) is 31.0 Å². The van der Waals surface area contributed by atoms with Crippen LogP contribution in [-0.2, 0) is 23.7 Å². The number of rotatable bonds is 4. The molecule has 0 saturated carbocycles. The molecular weight excluding hydrogens is 188 g/mol.